The van der Waals surface area contributed by atoms with Gasteiger partial charge in [0.2, 0.25) is 5.88 Å². The number of rotatable bonds is 5. The SMILES string of the molecule is C=S(C)(=O)c1ccc(Oc2ccc3c(c2)CN(C(C)c2ccc4scnc4c2)CC3)nc1. The van der Waals surface area contributed by atoms with Crippen LogP contribution in [-0.2, 0) is 22.5 Å². The van der Waals surface area contributed by atoms with Gasteiger partial charge in [-0.1, -0.05) is 12.1 Å². The van der Waals surface area contributed by atoms with Gasteiger partial charge in [-0.2, -0.15) is 0 Å². The van der Waals surface area contributed by atoms with Gasteiger partial charge in [-0.15, -0.1) is 11.3 Å². The maximum absolute atomic E-state index is 12.1. The number of benzene rings is 2. The van der Waals surface area contributed by atoms with Crippen molar-refractivity contribution in [2.24, 2.45) is 0 Å². The van der Waals surface area contributed by atoms with Crippen LogP contribution in [0.2, 0.25) is 0 Å². The lowest BCUT2D eigenvalue weighted by atomic mass is 9.96. The lowest BCUT2D eigenvalue weighted by Crippen LogP contribution is -2.32. The molecule has 32 heavy (non-hydrogen) atoms. The van der Waals surface area contributed by atoms with E-state index in [9.17, 15) is 4.21 Å². The molecule has 2 atom stereocenters. The minimum Gasteiger partial charge on any atom is -0.439 e. The molecule has 0 spiro atoms. The quantitative estimate of drug-likeness (QED) is 0.376. The Morgan fingerprint density at radius 1 is 1.12 bits per heavy atom. The van der Waals surface area contributed by atoms with Crippen molar-refractivity contribution in [3.05, 3.63) is 76.9 Å². The van der Waals surface area contributed by atoms with Crippen LogP contribution in [0.3, 0.4) is 0 Å². The molecule has 2 aromatic carbocycles. The monoisotopic (exact) mass is 463 g/mol. The summed E-state index contributed by atoms with van der Waals surface area (Å²) in [6.07, 6.45) is 4.20. The Hall–Kier alpha value is -2.74. The fraction of sp³-hybridized carbons (Fsp3) is 0.240. The molecule has 0 saturated carbocycles. The Morgan fingerprint density at radius 2 is 2.00 bits per heavy atom. The molecule has 5 rings (SSSR count). The van der Waals surface area contributed by atoms with Crippen molar-refractivity contribution >= 4 is 36.9 Å². The molecular formula is C25H25N3O2S2. The first-order chi connectivity index (χ1) is 15.4. The van der Waals surface area contributed by atoms with Crippen LogP contribution in [0.25, 0.3) is 10.2 Å². The highest BCUT2D eigenvalue weighted by Crippen LogP contribution is 2.32. The molecule has 164 valence electrons. The largest absolute Gasteiger partial charge is 0.439 e. The molecule has 0 bridgehead atoms. The van der Waals surface area contributed by atoms with Gasteiger partial charge >= 0.3 is 0 Å². The molecule has 0 fully saturated rings. The van der Waals surface area contributed by atoms with Gasteiger partial charge in [0.15, 0.2) is 0 Å². The Morgan fingerprint density at radius 3 is 2.78 bits per heavy atom. The first-order valence-corrected chi connectivity index (χ1v) is 13.5. The third kappa shape index (κ3) is 4.28. The first kappa shape index (κ1) is 21.1. The summed E-state index contributed by atoms with van der Waals surface area (Å²) in [6.45, 7) is 4.15. The van der Waals surface area contributed by atoms with E-state index in [0.29, 0.717) is 16.8 Å². The Labute approximate surface area is 192 Å². The van der Waals surface area contributed by atoms with Gasteiger partial charge in [0.05, 0.1) is 15.7 Å². The molecule has 1 aliphatic rings. The zero-order chi connectivity index (χ0) is 22.3. The summed E-state index contributed by atoms with van der Waals surface area (Å²) >= 11 is 1.68. The highest BCUT2D eigenvalue weighted by molar-refractivity contribution is 7.99. The Kier molecular flexibility index (Phi) is 5.49. The second-order valence-electron chi connectivity index (χ2n) is 8.35. The predicted octanol–water partition coefficient (Wildman–Crippen LogP) is 5.31. The van der Waals surface area contributed by atoms with Crippen LogP contribution in [-0.4, -0.2) is 37.7 Å². The number of fused-ring (bicyclic) bond motifs is 2. The van der Waals surface area contributed by atoms with Crippen LogP contribution in [0.4, 0.5) is 0 Å². The number of pyridine rings is 1. The zero-order valence-electron chi connectivity index (χ0n) is 18.2. The lowest BCUT2D eigenvalue weighted by Gasteiger charge is -2.34. The summed E-state index contributed by atoms with van der Waals surface area (Å²) in [5.74, 6) is 4.94. The molecule has 0 aliphatic carbocycles. The van der Waals surface area contributed by atoms with Gasteiger partial charge in [0.1, 0.15) is 5.75 Å². The molecule has 7 heteroatoms. The van der Waals surface area contributed by atoms with Crippen LogP contribution < -0.4 is 4.74 Å². The van der Waals surface area contributed by atoms with Crippen LogP contribution in [0.5, 0.6) is 11.6 Å². The number of aromatic nitrogens is 2. The summed E-state index contributed by atoms with van der Waals surface area (Å²) in [5, 5.41) is 0. The molecule has 0 radical (unpaired) electrons. The average molecular weight is 464 g/mol. The molecule has 4 aromatic rings. The Bertz CT molecular complexity index is 1380. The van der Waals surface area contributed by atoms with Crippen molar-refractivity contribution in [3.63, 3.8) is 0 Å². The fourth-order valence-corrected chi connectivity index (χ4v) is 5.39. The van der Waals surface area contributed by atoms with E-state index in [4.69, 9.17) is 4.74 Å². The smallest absolute Gasteiger partial charge is 0.219 e. The van der Waals surface area contributed by atoms with Gasteiger partial charge in [-0.05, 0) is 75.8 Å². The van der Waals surface area contributed by atoms with Gasteiger partial charge in [0, 0.05) is 42.5 Å². The van der Waals surface area contributed by atoms with E-state index >= 15 is 0 Å². The van der Waals surface area contributed by atoms with E-state index < -0.39 is 9.52 Å². The highest BCUT2D eigenvalue weighted by atomic mass is 32.2. The van der Waals surface area contributed by atoms with Crippen molar-refractivity contribution < 1.29 is 8.95 Å². The van der Waals surface area contributed by atoms with E-state index in [1.165, 1.54) is 21.4 Å². The standard InChI is InChI=1S/C25H25N3O2S2/c1-17(19-5-8-24-23(13-19)27-16-31-24)28-11-10-18-4-6-21(12-20(18)15-28)30-25-9-7-22(14-26-25)32(2,3)29/h4-9,12-14,16-17H,2,10-11,15H2,1,3H3. The maximum Gasteiger partial charge on any atom is 0.219 e. The van der Waals surface area contributed by atoms with Gasteiger partial charge in [-0.25, -0.2) is 9.97 Å². The number of hydrogen-bond acceptors (Lipinski definition) is 6. The predicted molar refractivity (Wildman–Crippen MR) is 132 cm³/mol. The second kappa shape index (κ2) is 8.31. The normalized spacial score (nSPS) is 16.9. The zero-order valence-corrected chi connectivity index (χ0v) is 19.8. The molecule has 1 aliphatic heterocycles. The summed E-state index contributed by atoms with van der Waals surface area (Å²) in [6, 6.07) is 16.7. The van der Waals surface area contributed by atoms with Crippen molar-refractivity contribution in [2.45, 2.75) is 30.8 Å². The van der Waals surface area contributed by atoms with E-state index in [-0.39, 0.29) is 0 Å². The van der Waals surface area contributed by atoms with Crippen LogP contribution in [0, 0.1) is 0 Å². The van der Waals surface area contributed by atoms with Crippen LogP contribution in [0.1, 0.15) is 29.7 Å². The van der Waals surface area contributed by atoms with Crippen LogP contribution in [0.15, 0.2) is 65.1 Å². The summed E-state index contributed by atoms with van der Waals surface area (Å²) in [5.41, 5.74) is 6.91. The molecule has 0 amide bonds. The number of ether oxygens (including phenoxy) is 1. The topological polar surface area (TPSA) is 55.3 Å². The summed E-state index contributed by atoms with van der Waals surface area (Å²) < 4.78 is 19.3. The molecule has 0 saturated heterocycles. The Balaban J connectivity index is 1.33. The number of hydrogen-bond donors (Lipinski definition) is 0. The second-order valence-corrected chi connectivity index (χ2v) is 11.7. The number of nitrogens with zero attached hydrogens (tertiary/aromatic N) is 3. The van der Waals surface area contributed by atoms with E-state index in [0.717, 1.165) is 30.8 Å². The third-order valence-corrected chi connectivity index (χ3v) is 8.08. The van der Waals surface area contributed by atoms with Gasteiger partial charge in [-0.3, -0.25) is 9.11 Å². The minimum atomic E-state index is -2.28. The van der Waals surface area contributed by atoms with Crippen molar-refractivity contribution in [2.75, 3.05) is 12.8 Å². The molecule has 2 aromatic heterocycles. The van der Waals surface area contributed by atoms with Crippen molar-refractivity contribution in [3.8, 4) is 11.6 Å². The number of thiazole rings is 1. The minimum absolute atomic E-state index is 0.305. The summed E-state index contributed by atoms with van der Waals surface area (Å²) in [7, 11) is -2.28. The van der Waals surface area contributed by atoms with Crippen LogP contribution >= 0.6 is 11.3 Å². The molecule has 0 N–H and O–H groups in total. The average Bonchev–Trinajstić information content (AvgIpc) is 3.26. The first-order valence-electron chi connectivity index (χ1n) is 10.5. The van der Waals surface area contributed by atoms with E-state index in [1.54, 1.807) is 35.9 Å². The van der Waals surface area contributed by atoms with E-state index in [1.807, 2.05) is 11.6 Å². The maximum atomic E-state index is 12.1. The molecule has 5 nitrogen and oxygen atoms in total. The van der Waals surface area contributed by atoms with E-state index in [2.05, 4.69) is 58.0 Å². The van der Waals surface area contributed by atoms with Crippen molar-refractivity contribution in [1.82, 2.24) is 14.9 Å². The van der Waals surface area contributed by atoms with Crippen molar-refractivity contribution in [1.29, 1.82) is 0 Å². The fourth-order valence-electron chi connectivity index (χ4n) is 4.10. The van der Waals surface area contributed by atoms with Gasteiger partial charge in [0.25, 0.3) is 0 Å². The molecule has 2 unspecified atom stereocenters. The highest BCUT2D eigenvalue weighted by Gasteiger charge is 2.22. The molecular weight excluding hydrogens is 438 g/mol. The molecule has 3 heterocycles. The lowest BCUT2D eigenvalue weighted by molar-refractivity contribution is 0.192. The third-order valence-electron chi connectivity index (χ3n) is 6.03. The summed E-state index contributed by atoms with van der Waals surface area (Å²) in [4.78, 5) is 11.9. The van der Waals surface area contributed by atoms with Gasteiger partial charge < -0.3 is 4.74 Å².